The minimum atomic E-state index is -0.0538. The minimum Gasteiger partial charge on any atom is -0.354 e. The predicted octanol–water partition coefficient (Wildman–Crippen LogP) is 0.694. The van der Waals surface area contributed by atoms with E-state index in [9.17, 15) is 4.79 Å². The van der Waals surface area contributed by atoms with Crippen LogP contribution < -0.4 is 5.32 Å². The molecule has 0 aromatic carbocycles. The molecule has 2 nitrogen and oxygen atoms in total. The highest BCUT2D eigenvalue weighted by molar-refractivity contribution is 5.84. The molecule has 1 aliphatic carbocycles. The zero-order valence-electron chi connectivity index (χ0n) is 5.03. The predicted molar refractivity (Wildman–Crippen MR) is 30.8 cm³/mol. The van der Waals surface area contributed by atoms with Gasteiger partial charge in [0.05, 0.1) is 0 Å². The first kappa shape index (κ1) is 5.60. The lowest BCUT2D eigenvalue weighted by atomic mass is 10.1. The molecule has 0 atom stereocenters. The van der Waals surface area contributed by atoms with Crippen molar-refractivity contribution in [2.75, 3.05) is 0 Å². The van der Waals surface area contributed by atoms with Crippen LogP contribution in [0, 0.1) is 12.5 Å². The van der Waals surface area contributed by atoms with Crippen molar-refractivity contribution in [3.05, 3.63) is 7.05 Å². The Balaban J connectivity index is 2.46. The maximum Gasteiger partial charge on any atom is 0.225 e. The molecule has 0 aliphatic heterocycles. The lowest BCUT2D eigenvalue weighted by Crippen LogP contribution is -2.24. The molecule has 0 spiro atoms. The Hall–Kier alpha value is -0.530. The van der Waals surface area contributed by atoms with Gasteiger partial charge >= 0.3 is 0 Å². The average molecular weight is 112 g/mol. The minimum absolute atomic E-state index is 0.0538. The molecule has 1 amide bonds. The molecule has 0 bridgehead atoms. The summed E-state index contributed by atoms with van der Waals surface area (Å²) in [4.78, 5) is 10.7. The Kier molecular flexibility index (Phi) is 1.03. The van der Waals surface area contributed by atoms with E-state index >= 15 is 0 Å². The fraction of sp³-hybridized carbons (Fsp3) is 0.667. The van der Waals surface area contributed by atoms with Crippen molar-refractivity contribution in [1.82, 2.24) is 5.32 Å². The van der Waals surface area contributed by atoms with Gasteiger partial charge in [-0.3, -0.25) is 4.79 Å². The van der Waals surface area contributed by atoms with Crippen LogP contribution in [0.15, 0.2) is 0 Å². The molecule has 8 heavy (non-hydrogen) atoms. The second-order valence-electron chi connectivity index (χ2n) is 2.57. The number of amides is 1. The summed E-state index contributed by atoms with van der Waals surface area (Å²) in [6.07, 6.45) is 2.04. The zero-order chi connectivity index (χ0) is 6.20. The highest BCUT2D eigenvalue weighted by Crippen LogP contribution is 2.44. The van der Waals surface area contributed by atoms with Gasteiger partial charge in [0.25, 0.3) is 0 Å². The lowest BCUT2D eigenvalue weighted by molar-refractivity contribution is -0.124. The molecule has 1 rings (SSSR count). The number of nitrogens with one attached hydrogen (secondary N) is 1. The molecule has 1 fully saturated rings. The van der Waals surface area contributed by atoms with Crippen LogP contribution in [-0.4, -0.2) is 5.91 Å². The van der Waals surface area contributed by atoms with Crippen LogP contribution >= 0.6 is 0 Å². The Labute approximate surface area is 49.3 Å². The van der Waals surface area contributed by atoms with Crippen LogP contribution in [0.1, 0.15) is 19.8 Å². The van der Waals surface area contributed by atoms with Crippen molar-refractivity contribution in [1.29, 1.82) is 0 Å². The number of rotatable bonds is 1. The third kappa shape index (κ3) is 0.703. The average Bonchev–Trinajstić information content (AvgIpc) is 2.47. The lowest BCUT2D eigenvalue weighted by Gasteiger charge is -2.02. The normalized spacial score (nSPS) is 22.2. The number of hydrogen-bond donors (Lipinski definition) is 1. The Morgan fingerprint density at radius 1 is 1.75 bits per heavy atom. The molecule has 45 valence electrons. The van der Waals surface area contributed by atoms with Crippen LogP contribution in [0.2, 0.25) is 0 Å². The van der Waals surface area contributed by atoms with Gasteiger partial charge in [0, 0.05) is 12.5 Å². The van der Waals surface area contributed by atoms with E-state index in [1.54, 1.807) is 0 Å². The van der Waals surface area contributed by atoms with Gasteiger partial charge in [-0.25, -0.2) is 0 Å². The van der Waals surface area contributed by atoms with Crippen molar-refractivity contribution in [2.24, 2.45) is 5.41 Å². The molecule has 2 heteroatoms. The Morgan fingerprint density at radius 3 is 2.38 bits per heavy atom. The Bertz CT molecular complexity index is 116. The van der Waals surface area contributed by atoms with Crippen molar-refractivity contribution >= 4 is 5.91 Å². The van der Waals surface area contributed by atoms with Crippen molar-refractivity contribution in [2.45, 2.75) is 19.8 Å². The molecule has 0 saturated heterocycles. The molecule has 1 saturated carbocycles. The van der Waals surface area contributed by atoms with E-state index in [0.717, 1.165) is 12.8 Å². The van der Waals surface area contributed by atoms with E-state index < -0.39 is 0 Å². The van der Waals surface area contributed by atoms with E-state index in [2.05, 4.69) is 12.4 Å². The van der Waals surface area contributed by atoms with E-state index in [0.29, 0.717) is 0 Å². The number of carbonyl (C=O) groups is 1. The van der Waals surface area contributed by atoms with Crippen molar-refractivity contribution in [3.8, 4) is 0 Å². The summed E-state index contributed by atoms with van der Waals surface area (Å²) >= 11 is 0. The van der Waals surface area contributed by atoms with Crippen molar-refractivity contribution < 1.29 is 4.79 Å². The summed E-state index contributed by atoms with van der Waals surface area (Å²) in [6, 6.07) is 0. The molecule has 1 radical (unpaired) electrons. The van der Waals surface area contributed by atoms with Gasteiger partial charge in [0.15, 0.2) is 0 Å². The standard InChI is InChI=1S/C6H10NO/c1-6(3-4-6)5(8)7-2/h2-4H2,1H3,(H,7,8). The molecular formula is C6H10NO. The van der Waals surface area contributed by atoms with Gasteiger partial charge in [-0.1, -0.05) is 6.92 Å². The third-order valence-corrected chi connectivity index (χ3v) is 1.71. The van der Waals surface area contributed by atoms with Gasteiger partial charge in [0.2, 0.25) is 5.91 Å². The van der Waals surface area contributed by atoms with Gasteiger partial charge in [-0.05, 0) is 12.8 Å². The maximum atomic E-state index is 10.7. The zero-order valence-corrected chi connectivity index (χ0v) is 5.03. The summed E-state index contributed by atoms with van der Waals surface area (Å²) in [5.41, 5.74) is -0.0538. The second kappa shape index (κ2) is 1.47. The topological polar surface area (TPSA) is 29.1 Å². The van der Waals surface area contributed by atoms with Crippen LogP contribution in [0.4, 0.5) is 0 Å². The maximum absolute atomic E-state index is 10.7. The number of carbonyl (C=O) groups excluding carboxylic acids is 1. The molecule has 0 unspecified atom stereocenters. The van der Waals surface area contributed by atoms with E-state index in [1.807, 2.05) is 6.92 Å². The third-order valence-electron chi connectivity index (χ3n) is 1.71. The largest absolute Gasteiger partial charge is 0.354 e. The summed E-state index contributed by atoms with van der Waals surface area (Å²) in [7, 11) is 3.29. The summed E-state index contributed by atoms with van der Waals surface area (Å²) in [6.45, 7) is 1.95. The van der Waals surface area contributed by atoms with Gasteiger partial charge in [0.1, 0.15) is 0 Å². The van der Waals surface area contributed by atoms with Crippen LogP contribution in [0.25, 0.3) is 0 Å². The van der Waals surface area contributed by atoms with Gasteiger partial charge < -0.3 is 5.32 Å². The molecule has 0 aromatic rings. The fourth-order valence-electron chi connectivity index (χ4n) is 0.628. The molecule has 0 aromatic heterocycles. The Morgan fingerprint density at radius 2 is 2.25 bits per heavy atom. The number of hydrogen-bond acceptors (Lipinski definition) is 1. The van der Waals surface area contributed by atoms with Crippen LogP contribution in [0.3, 0.4) is 0 Å². The monoisotopic (exact) mass is 112 g/mol. The second-order valence-corrected chi connectivity index (χ2v) is 2.57. The summed E-state index contributed by atoms with van der Waals surface area (Å²) in [5.74, 6) is 0.0810. The van der Waals surface area contributed by atoms with E-state index in [-0.39, 0.29) is 11.3 Å². The van der Waals surface area contributed by atoms with Gasteiger partial charge in [-0.15, -0.1) is 0 Å². The quantitative estimate of drug-likeness (QED) is 0.531. The molecule has 0 heterocycles. The molecular weight excluding hydrogens is 102 g/mol. The molecule has 1 N–H and O–H groups in total. The summed E-state index contributed by atoms with van der Waals surface area (Å²) < 4.78 is 0. The van der Waals surface area contributed by atoms with Crippen LogP contribution in [0.5, 0.6) is 0 Å². The summed E-state index contributed by atoms with van der Waals surface area (Å²) in [5, 5.41) is 2.38. The highest BCUT2D eigenvalue weighted by atomic mass is 16.2. The van der Waals surface area contributed by atoms with Crippen molar-refractivity contribution in [3.63, 3.8) is 0 Å². The first-order valence-corrected chi connectivity index (χ1v) is 2.76. The first-order valence-electron chi connectivity index (χ1n) is 2.76. The fourth-order valence-corrected chi connectivity index (χ4v) is 0.628. The smallest absolute Gasteiger partial charge is 0.225 e. The first-order chi connectivity index (χ1) is 3.69. The van der Waals surface area contributed by atoms with Crippen LogP contribution in [-0.2, 0) is 4.79 Å². The molecule has 1 aliphatic rings. The highest BCUT2D eigenvalue weighted by Gasteiger charge is 2.44. The van der Waals surface area contributed by atoms with Gasteiger partial charge in [-0.2, -0.15) is 0 Å². The van der Waals surface area contributed by atoms with E-state index in [4.69, 9.17) is 0 Å². The SMILES string of the molecule is [CH2]NC(=O)C1(C)CC1. The van der Waals surface area contributed by atoms with E-state index in [1.165, 1.54) is 0 Å².